The van der Waals surface area contributed by atoms with Gasteiger partial charge < -0.3 is 5.73 Å². The van der Waals surface area contributed by atoms with E-state index in [2.05, 4.69) is 0 Å². The van der Waals surface area contributed by atoms with E-state index >= 15 is 0 Å². The Balaban J connectivity index is 2.03. The first-order valence-corrected chi connectivity index (χ1v) is 7.55. The topological polar surface area (TPSA) is 26.0 Å². The average Bonchev–Trinajstić information content (AvgIpc) is 2.80. The number of rotatable bonds is 5. The quantitative estimate of drug-likeness (QED) is 0.823. The number of hydrogen-bond acceptors (Lipinski definition) is 1. The van der Waals surface area contributed by atoms with E-state index in [0.717, 1.165) is 29.4 Å². The molecule has 1 aromatic carbocycles. The van der Waals surface area contributed by atoms with Crippen LogP contribution in [-0.4, -0.2) is 6.54 Å². The molecule has 1 nitrogen and oxygen atoms in total. The highest BCUT2D eigenvalue weighted by Crippen LogP contribution is 2.44. The van der Waals surface area contributed by atoms with Crippen LogP contribution in [0.3, 0.4) is 0 Å². The number of hydrogen-bond donors (Lipinski definition) is 1. The van der Waals surface area contributed by atoms with Crippen molar-refractivity contribution in [2.24, 2.45) is 11.1 Å². The van der Waals surface area contributed by atoms with Crippen molar-refractivity contribution >= 4 is 23.2 Å². The van der Waals surface area contributed by atoms with E-state index < -0.39 is 0 Å². The van der Waals surface area contributed by atoms with Gasteiger partial charge in [-0.05, 0) is 67.8 Å². The minimum atomic E-state index is 0.459. The lowest BCUT2D eigenvalue weighted by atomic mass is 9.77. The van der Waals surface area contributed by atoms with Gasteiger partial charge in [0.25, 0.3) is 0 Å². The Morgan fingerprint density at radius 2 is 1.83 bits per heavy atom. The summed E-state index contributed by atoms with van der Waals surface area (Å²) in [5, 5.41) is 1.61. The summed E-state index contributed by atoms with van der Waals surface area (Å²) < 4.78 is 0. The predicted molar refractivity (Wildman–Crippen MR) is 79.4 cm³/mol. The molecule has 18 heavy (non-hydrogen) atoms. The summed E-state index contributed by atoms with van der Waals surface area (Å²) in [5.41, 5.74) is 7.40. The molecule has 0 heterocycles. The number of aryl methyl sites for hydroxylation is 1. The molecule has 1 aliphatic carbocycles. The number of benzene rings is 1. The van der Waals surface area contributed by atoms with E-state index in [1.807, 2.05) is 18.2 Å². The van der Waals surface area contributed by atoms with Crippen molar-refractivity contribution in [3.05, 3.63) is 33.8 Å². The van der Waals surface area contributed by atoms with Crippen molar-refractivity contribution in [3.8, 4) is 0 Å². The molecule has 1 saturated carbocycles. The Kier molecular flexibility index (Phi) is 4.94. The minimum Gasteiger partial charge on any atom is -0.330 e. The zero-order valence-electron chi connectivity index (χ0n) is 10.7. The van der Waals surface area contributed by atoms with Crippen molar-refractivity contribution in [2.45, 2.75) is 44.9 Å². The van der Waals surface area contributed by atoms with Crippen LogP contribution in [0, 0.1) is 5.41 Å². The van der Waals surface area contributed by atoms with Gasteiger partial charge in [0.2, 0.25) is 0 Å². The van der Waals surface area contributed by atoms with Gasteiger partial charge in [-0.1, -0.05) is 36.0 Å². The van der Waals surface area contributed by atoms with Crippen LogP contribution in [-0.2, 0) is 6.42 Å². The second-order valence-electron chi connectivity index (χ2n) is 5.48. The standard InChI is InChI=1S/C15H21Cl2N/c16-13-3-4-14(17)12(11-13)5-8-15(9-10-18)6-1-2-7-15/h3-4,11H,1-2,5-10,18H2. The van der Waals surface area contributed by atoms with Crippen LogP contribution in [0.25, 0.3) is 0 Å². The molecule has 0 spiro atoms. The highest BCUT2D eigenvalue weighted by atomic mass is 35.5. The first kappa shape index (κ1) is 14.2. The summed E-state index contributed by atoms with van der Waals surface area (Å²) in [4.78, 5) is 0. The van der Waals surface area contributed by atoms with E-state index in [0.29, 0.717) is 5.41 Å². The molecule has 3 heteroatoms. The fourth-order valence-corrected chi connectivity index (χ4v) is 3.60. The van der Waals surface area contributed by atoms with Crippen molar-refractivity contribution in [3.63, 3.8) is 0 Å². The van der Waals surface area contributed by atoms with Crippen LogP contribution >= 0.6 is 23.2 Å². The highest BCUT2D eigenvalue weighted by molar-refractivity contribution is 6.33. The molecular formula is C15H21Cl2N. The molecule has 0 bridgehead atoms. The second-order valence-corrected chi connectivity index (χ2v) is 6.33. The number of halogens is 2. The van der Waals surface area contributed by atoms with Gasteiger partial charge in [0.15, 0.2) is 0 Å². The summed E-state index contributed by atoms with van der Waals surface area (Å²) in [5.74, 6) is 0. The van der Waals surface area contributed by atoms with Gasteiger partial charge >= 0.3 is 0 Å². The summed E-state index contributed by atoms with van der Waals surface area (Å²) in [6.45, 7) is 0.795. The van der Waals surface area contributed by atoms with Gasteiger partial charge in [0, 0.05) is 10.0 Å². The fourth-order valence-electron chi connectivity index (χ4n) is 3.19. The Hall–Kier alpha value is -0.240. The molecule has 0 atom stereocenters. The maximum atomic E-state index is 6.22. The largest absolute Gasteiger partial charge is 0.330 e. The van der Waals surface area contributed by atoms with E-state index in [-0.39, 0.29) is 0 Å². The van der Waals surface area contributed by atoms with Crippen LogP contribution in [0.15, 0.2) is 18.2 Å². The molecular weight excluding hydrogens is 265 g/mol. The highest BCUT2D eigenvalue weighted by Gasteiger charge is 2.32. The van der Waals surface area contributed by atoms with Gasteiger partial charge in [-0.2, -0.15) is 0 Å². The maximum Gasteiger partial charge on any atom is 0.0439 e. The van der Waals surface area contributed by atoms with Gasteiger partial charge in [-0.3, -0.25) is 0 Å². The van der Waals surface area contributed by atoms with Gasteiger partial charge in [0.05, 0.1) is 0 Å². The Bertz CT molecular complexity index is 397. The molecule has 1 fully saturated rings. The van der Waals surface area contributed by atoms with Crippen molar-refractivity contribution in [1.82, 2.24) is 0 Å². The molecule has 1 aliphatic rings. The molecule has 0 saturated heterocycles. The smallest absolute Gasteiger partial charge is 0.0439 e. The summed E-state index contributed by atoms with van der Waals surface area (Å²) >= 11 is 12.3. The molecule has 2 rings (SSSR count). The molecule has 2 N–H and O–H groups in total. The zero-order valence-corrected chi connectivity index (χ0v) is 12.2. The van der Waals surface area contributed by atoms with Crippen LogP contribution in [0.2, 0.25) is 10.0 Å². The van der Waals surface area contributed by atoms with Gasteiger partial charge in [0.1, 0.15) is 0 Å². The average molecular weight is 286 g/mol. The van der Waals surface area contributed by atoms with Crippen LogP contribution in [0.1, 0.15) is 44.1 Å². The monoisotopic (exact) mass is 285 g/mol. The molecule has 100 valence electrons. The Labute approximate surface area is 120 Å². The van der Waals surface area contributed by atoms with Crippen molar-refractivity contribution in [2.75, 3.05) is 6.54 Å². The molecule has 0 radical (unpaired) electrons. The van der Waals surface area contributed by atoms with Gasteiger partial charge in [-0.15, -0.1) is 0 Å². The van der Waals surface area contributed by atoms with E-state index in [1.165, 1.54) is 37.7 Å². The molecule has 0 aromatic heterocycles. The molecule has 1 aromatic rings. The van der Waals surface area contributed by atoms with Crippen molar-refractivity contribution in [1.29, 1.82) is 0 Å². The van der Waals surface area contributed by atoms with E-state index in [9.17, 15) is 0 Å². The second kappa shape index (κ2) is 6.27. The Morgan fingerprint density at radius 3 is 2.50 bits per heavy atom. The molecule has 0 unspecified atom stereocenters. The predicted octanol–water partition coefficient (Wildman–Crippen LogP) is 4.84. The third kappa shape index (κ3) is 3.40. The zero-order chi connectivity index (χ0) is 13.0. The van der Waals surface area contributed by atoms with E-state index in [4.69, 9.17) is 28.9 Å². The van der Waals surface area contributed by atoms with Crippen LogP contribution in [0.4, 0.5) is 0 Å². The van der Waals surface area contributed by atoms with Crippen LogP contribution in [0.5, 0.6) is 0 Å². The molecule has 0 aliphatic heterocycles. The lowest BCUT2D eigenvalue weighted by Crippen LogP contribution is -2.21. The van der Waals surface area contributed by atoms with Crippen molar-refractivity contribution < 1.29 is 0 Å². The van der Waals surface area contributed by atoms with Gasteiger partial charge in [-0.25, -0.2) is 0 Å². The normalized spacial score (nSPS) is 18.2. The summed E-state index contributed by atoms with van der Waals surface area (Å²) in [7, 11) is 0. The molecule has 0 amide bonds. The lowest BCUT2D eigenvalue weighted by Gasteiger charge is -2.28. The summed E-state index contributed by atoms with van der Waals surface area (Å²) in [6, 6.07) is 5.73. The fraction of sp³-hybridized carbons (Fsp3) is 0.600. The minimum absolute atomic E-state index is 0.459. The van der Waals surface area contributed by atoms with E-state index in [1.54, 1.807) is 0 Å². The maximum absolute atomic E-state index is 6.22. The summed E-state index contributed by atoms with van der Waals surface area (Å²) in [6.07, 6.45) is 8.69. The third-order valence-corrected chi connectivity index (χ3v) is 4.88. The number of nitrogens with two attached hydrogens (primary N) is 1. The lowest BCUT2D eigenvalue weighted by molar-refractivity contribution is 0.253. The third-order valence-electron chi connectivity index (χ3n) is 4.27. The Morgan fingerprint density at radius 1 is 1.11 bits per heavy atom. The first-order valence-electron chi connectivity index (χ1n) is 6.79. The SMILES string of the molecule is NCCC1(CCc2cc(Cl)ccc2Cl)CCCC1. The first-order chi connectivity index (χ1) is 8.65. The van der Waals surface area contributed by atoms with Crippen LogP contribution < -0.4 is 5.73 Å².